The first-order valence-electron chi connectivity index (χ1n) is 6.39. The molecule has 21 heavy (non-hydrogen) atoms. The summed E-state index contributed by atoms with van der Waals surface area (Å²) in [6.45, 7) is 3.62. The van der Waals surface area contributed by atoms with Gasteiger partial charge in [-0.25, -0.2) is 0 Å². The van der Waals surface area contributed by atoms with Gasteiger partial charge >= 0.3 is 0 Å². The fraction of sp³-hybridized carbons (Fsp3) is 0.200. The molecule has 1 heterocycles. The van der Waals surface area contributed by atoms with E-state index in [0.717, 1.165) is 11.1 Å². The Morgan fingerprint density at radius 2 is 2.00 bits per heavy atom. The van der Waals surface area contributed by atoms with E-state index >= 15 is 0 Å². The molecule has 6 heteroatoms. The zero-order valence-electron chi connectivity index (χ0n) is 11.8. The van der Waals surface area contributed by atoms with E-state index in [-0.39, 0.29) is 12.5 Å². The number of aryl methyl sites for hydroxylation is 2. The second kappa shape index (κ2) is 6.90. The van der Waals surface area contributed by atoms with Crippen molar-refractivity contribution < 1.29 is 14.3 Å². The van der Waals surface area contributed by atoms with E-state index in [2.05, 4.69) is 10.9 Å². The lowest BCUT2D eigenvalue weighted by atomic mass is 10.2. The Hall–Kier alpha value is -2.34. The maximum absolute atomic E-state index is 11.8. The predicted molar refractivity (Wildman–Crippen MR) is 81.3 cm³/mol. The molecule has 2 aromatic rings. The molecular weight excluding hydrogens is 288 g/mol. The minimum atomic E-state index is -0.418. The van der Waals surface area contributed by atoms with Crippen molar-refractivity contribution in [1.29, 1.82) is 0 Å². The molecule has 1 aromatic heterocycles. The van der Waals surface area contributed by atoms with Crippen molar-refractivity contribution in [3.63, 3.8) is 0 Å². The molecule has 0 spiro atoms. The van der Waals surface area contributed by atoms with Crippen molar-refractivity contribution in [2.75, 3.05) is 6.61 Å². The lowest BCUT2D eigenvalue weighted by Gasteiger charge is -2.09. The summed E-state index contributed by atoms with van der Waals surface area (Å²) >= 11 is 1.33. The Bertz CT molecular complexity index is 652. The first-order chi connectivity index (χ1) is 10.1. The van der Waals surface area contributed by atoms with Crippen LogP contribution in [0.1, 0.15) is 20.8 Å². The van der Waals surface area contributed by atoms with Crippen molar-refractivity contribution in [2.45, 2.75) is 13.8 Å². The van der Waals surface area contributed by atoms with Gasteiger partial charge in [-0.15, -0.1) is 11.3 Å². The molecule has 0 saturated heterocycles. The average Bonchev–Trinajstić information content (AvgIpc) is 2.89. The third-order valence-corrected chi connectivity index (χ3v) is 3.76. The summed E-state index contributed by atoms with van der Waals surface area (Å²) in [5.74, 6) is -0.129. The molecule has 0 saturated carbocycles. The average molecular weight is 304 g/mol. The van der Waals surface area contributed by atoms with Gasteiger partial charge in [0.1, 0.15) is 5.75 Å². The molecule has 0 radical (unpaired) electrons. The van der Waals surface area contributed by atoms with Crippen molar-refractivity contribution in [1.82, 2.24) is 10.9 Å². The number of amides is 2. The molecule has 0 bridgehead atoms. The highest BCUT2D eigenvalue weighted by molar-refractivity contribution is 7.12. The smallest absolute Gasteiger partial charge is 0.280 e. The predicted octanol–water partition coefficient (Wildman–Crippen LogP) is 2.20. The first-order valence-corrected chi connectivity index (χ1v) is 7.27. The van der Waals surface area contributed by atoms with Gasteiger partial charge in [-0.3, -0.25) is 20.4 Å². The molecule has 0 aliphatic rings. The molecular formula is C15H16N2O3S. The molecule has 1 aromatic carbocycles. The van der Waals surface area contributed by atoms with Gasteiger partial charge in [0.2, 0.25) is 0 Å². The van der Waals surface area contributed by atoms with Crippen molar-refractivity contribution in [2.24, 2.45) is 0 Å². The van der Waals surface area contributed by atoms with E-state index in [4.69, 9.17) is 4.74 Å². The molecule has 2 amide bonds. The van der Waals surface area contributed by atoms with Crippen LogP contribution in [0.2, 0.25) is 0 Å². The third kappa shape index (κ3) is 4.32. The maximum Gasteiger partial charge on any atom is 0.280 e. The van der Waals surface area contributed by atoms with Crippen molar-refractivity contribution in [3.8, 4) is 5.75 Å². The largest absolute Gasteiger partial charge is 0.484 e. The summed E-state index contributed by atoms with van der Waals surface area (Å²) in [4.78, 5) is 24.0. The molecule has 2 rings (SSSR count). The molecule has 5 nitrogen and oxygen atoms in total. The van der Waals surface area contributed by atoms with Gasteiger partial charge in [0.05, 0.1) is 4.88 Å². The zero-order valence-corrected chi connectivity index (χ0v) is 12.6. The molecule has 0 atom stereocenters. The van der Waals surface area contributed by atoms with Crippen LogP contribution in [0.3, 0.4) is 0 Å². The molecule has 0 unspecified atom stereocenters. The quantitative estimate of drug-likeness (QED) is 0.851. The molecule has 110 valence electrons. The van der Waals surface area contributed by atoms with Crippen molar-refractivity contribution >= 4 is 23.2 Å². The minimum absolute atomic E-state index is 0.160. The van der Waals surface area contributed by atoms with Gasteiger partial charge in [0, 0.05) is 0 Å². The summed E-state index contributed by atoms with van der Waals surface area (Å²) in [6, 6.07) is 9.25. The van der Waals surface area contributed by atoms with Crippen molar-refractivity contribution in [3.05, 3.63) is 51.7 Å². The summed E-state index contributed by atoms with van der Waals surface area (Å²) in [5.41, 5.74) is 6.62. The second-order valence-corrected chi connectivity index (χ2v) is 5.46. The van der Waals surface area contributed by atoms with Crippen LogP contribution in [0.4, 0.5) is 0 Å². The number of benzene rings is 1. The van der Waals surface area contributed by atoms with Crippen LogP contribution in [0.15, 0.2) is 35.7 Å². The number of carbonyl (C=O) groups excluding carboxylic acids is 2. The van der Waals surface area contributed by atoms with Gasteiger partial charge in [-0.1, -0.05) is 12.1 Å². The second-order valence-electron chi connectivity index (χ2n) is 4.54. The van der Waals surface area contributed by atoms with E-state index < -0.39 is 5.91 Å². The Morgan fingerprint density at radius 3 is 2.67 bits per heavy atom. The number of hydrogen-bond donors (Lipinski definition) is 2. The topological polar surface area (TPSA) is 67.4 Å². The summed E-state index contributed by atoms with van der Waals surface area (Å²) in [6.07, 6.45) is 0. The highest BCUT2D eigenvalue weighted by Gasteiger charge is 2.11. The van der Waals surface area contributed by atoms with Crippen LogP contribution in [0, 0.1) is 13.8 Å². The number of carbonyl (C=O) groups is 2. The molecule has 0 fully saturated rings. The van der Waals surface area contributed by atoms with Gasteiger partial charge < -0.3 is 4.74 Å². The lowest BCUT2D eigenvalue weighted by Crippen LogP contribution is -2.43. The molecule has 2 N–H and O–H groups in total. The number of ether oxygens (including phenoxy) is 1. The monoisotopic (exact) mass is 304 g/mol. The Morgan fingerprint density at radius 1 is 1.19 bits per heavy atom. The van der Waals surface area contributed by atoms with Gasteiger partial charge in [-0.05, 0) is 48.6 Å². The molecule has 0 aliphatic carbocycles. The van der Waals surface area contributed by atoms with Crippen LogP contribution in [-0.4, -0.2) is 18.4 Å². The number of nitrogens with one attached hydrogen (secondary N) is 2. The highest BCUT2D eigenvalue weighted by Crippen LogP contribution is 2.14. The number of thiophene rings is 1. The lowest BCUT2D eigenvalue weighted by molar-refractivity contribution is -0.123. The van der Waals surface area contributed by atoms with Crippen LogP contribution >= 0.6 is 11.3 Å². The minimum Gasteiger partial charge on any atom is -0.484 e. The van der Waals surface area contributed by atoms with E-state index in [1.807, 2.05) is 43.5 Å². The molecule has 0 aliphatic heterocycles. The van der Waals surface area contributed by atoms with Crippen LogP contribution in [0.5, 0.6) is 5.75 Å². The van der Waals surface area contributed by atoms with Gasteiger partial charge in [-0.2, -0.15) is 0 Å². The highest BCUT2D eigenvalue weighted by atomic mass is 32.1. The van der Waals surface area contributed by atoms with E-state index in [1.165, 1.54) is 11.3 Å². The fourth-order valence-electron chi connectivity index (χ4n) is 1.68. The summed E-state index contributed by atoms with van der Waals surface area (Å²) < 4.78 is 5.33. The zero-order chi connectivity index (χ0) is 15.2. The number of hydrogen-bond acceptors (Lipinski definition) is 4. The van der Waals surface area contributed by atoms with Gasteiger partial charge in [0.15, 0.2) is 6.61 Å². The van der Waals surface area contributed by atoms with Gasteiger partial charge in [0.25, 0.3) is 11.8 Å². The Labute approximate surface area is 126 Å². The normalized spacial score (nSPS) is 10.0. The summed E-state index contributed by atoms with van der Waals surface area (Å²) in [5, 5.41) is 1.83. The SMILES string of the molecule is Cc1cccc(OCC(=O)NNC(=O)c2sccc2C)c1. The standard InChI is InChI=1S/C15H16N2O3S/c1-10-4-3-5-12(8-10)20-9-13(18)16-17-15(19)14-11(2)6-7-21-14/h3-8H,9H2,1-2H3,(H,16,18)(H,17,19). The van der Waals surface area contributed by atoms with E-state index in [9.17, 15) is 9.59 Å². The van der Waals surface area contributed by atoms with E-state index in [1.54, 1.807) is 6.07 Å². The third-order valence-electron chi connectivity index (χ3n) is 2.74. The summed E-state index contributed by atoms with van der Waals surface area (Å²) in [7, 11) is 0. The van der Waals surface area contributed by atoms with E-state index in [0.29, 0.717) is 10.6 Å². The van der Waals surface area contributed by atoms with Crippen LogP contribution in [-0.2, 0) is 4.79 Å². The van der Waals surface area contributed by atoms with Crippen LogP contribution < -0.4 is 15.6 Å². The maximum atomic E-state index is 11.8. The Kier molecular flexibility index (Phi) is 4.94. The van der Waals surface area contributed by atoms with Crippen LogP contribution in [0.25, 0.3) is 0 Å². The number of rotatable bonds is 4. The fourth-order valence-corrected chi connectivity index (χ4v) is 2.50. The first kappa shape index (κ1) is 15.1. The Balaban J connectivity index is 1.78. The number of hydrazine groups is 1.